The van der Waals surface area contributed by atoms with Crippen molar-refractivity contribution in [2.45, 2.75) is 38.6 Å². The van der Waals surface area contributed by atoms with Gasteiger partial charge in [0.2, 0.25) is 0 Å². The lowest BCUT2D eigenvalue weighted by Crippen LogP contribution is -2.27. The minimum absolute atomic E-state index is 0.165. The van der Waals surface area contributed by atoms with Crippen molar-refractivity contribution < 1.29 is 4.79 Å². The van der Waals surface area contributed by atoms with Gasteiger partial charge in [-0.25, -0.2) is 0 Å². The van der Waals surface area contributed by atoms with Crippen molar-refractivity contribution in [1.82, 2.24) is 30.3 Å². The molecule has 3 aromatic rings. The maximum absolute atomic E-state index is 12.4. The van der Waals surface area contributed by atoms with Gasteiger partial charge in [0.1, 0.15) is 17.3 Å². The van der Waals surface area contributed by atoms with Crippen molar-refractivity contribution in [3.63, 3.8) is 0 Å². The van der Waals surface area contributed by atoms with Gasteiger partial charge in [-0.1, -0.05) is 34.5 Å². The largest absolute Gasteiger partial charge is 0.350 e. The van der Waals surface area contributed by atoms with Crippen molar-refractivity contribution in [3.05, 3.63) is 52.1 Å². The van der Waals surface area contributed by atoms with Gasteiger partial charge >= 0.3 is 0 Å². The monoisotopic (exact) mass is 428 g/mol. The van der Waals surface area contributed by atoms with Gasteiger partial charge < -0.3 is 9.88 Å². The van der Waals surface area contributed by atoms with E-state index < -0.39 is 0 Å². The molecule has 0 aliphatic carbocycles. The molecule has 3 heterocycles. The van der Waals surface area contributed by atoms with Crippen LogP contribution in [0, 0.1) is 0 Å². The number of benzene rings is 1. The van der Waals surface area contributed by atoms with Crippen LogP contribution < -0.4 is 5.32 Å². The van der Waals surface area contributed by atoms with Gasteiger partial charge in [0, 0.05) is 36.0 Å². The molecule has 0 radical (unpaired) electrons. The number of nitrogens with one attached hydrogen (secondary N) is 2. The molecule has 2 aromatic heterocycles. The molecular formula is C19H21BrN6O. The number of halogens is 1. The normalized spacial score (nSPS) is 13.8. The highest BCUT2D eigenvalue weighted by atomic mass is 79.9. The van der Waals surface area contributed by atoms with Gasteiger partial charge in [0.25, 0.3) is 5.91 Å². The molecule has 4 rings (SSSR count). The maximum Gasteiger partial charge on any atom is 0.269 e. The Hall–Kier alpha value is -2.48. The molecule has 27 heavy (non-hydrogen) atoms. The first-order valence-corrected chi connectivity index (χ1v) is 10.0. The first kappa shape index (κ1) is 17.9. The van der Waals surface area contributed by atoms with E-state index in [0.717, 1.165) is 46.8 Å². The number of nitrogens with zero attached hydrogens (tertiary/aromatic N) is 4. The average Bonchev–Trinajstić information content (AvgIpc) is 3.24. The quantitative estimate of drug-likeness (QED) is 0.653. The summed E-state index contributed by atoms with van der Waals surface area (Å²) in [4.78, 5) is 12.4. The molecule has 140 valence electrons. The lowest BCUT2D eigenvalue weighted by atomic mass is 10.1. The molecule has 0 saturated carbocycles. The van der Waals surface area contributed by atoms with Crippen LogP contribution in [0.1, 0.15) is 41.4 Å². The Balaban J connectivity index is 1.35. The minimum Gasteiger partial charge on any atom is -0.350 e. The highest BCUT2D eigenvalue weighted by Gasteiger charge is 2.15. The van der Waals surface area contributed by atoms with Gasteiger partial charge in [0.05, 0.1) is 5.69 Å². The second-order valence-electron chi connectivity index (χ2n) is 6.67. The second-order valence-corrected chi connectivity index (χ2v) is 7.59. The first-order chi connectivity index (χ1) is 13.2. The number of hydrogen-bond acceptors (Lipinski definition) is 4. The fourth-order valence-electron chi connectivity index (χ4n) is 3.32. The predicted octanol–water partition coefficient (Wildman–Crippen LogP) is 3.13. The molecule has 0 unspecified atom stereocenters. The molecule has 0 saturated heterocycles. The fraction of sp³-hybridized carbons (Fsp3) is 0.368. The molecule has 2 N–H and O–H groups in total. The van der Waals surface area contributed by atoms with Crippen molar-refractivity contribution in [1.29, 1.82) is 0 Å². The third kappa shape index (κ3) is 4.10. The molecule has 7 nitrogen and oxygen atoms in total. The van der Waals surface area contributed by atoms with Crippen LogP contribution in [0.15, 0.2) is 34.8 Å². The molecule has 0 atom stereocenters. The number of H-pyrrole nitrogens is 1. The summed E-state index contributed by atoms with van der Waals surface area (Å²) < 4.78 is 3.21. The SMILES string of the molecule is O=C(NCCc1nnc2n1CCCCC2)c1cc(-c2ccc(Br)cc2)n[nH]1. The minimum atomic E-state index is -0.165. The van der Waals surface area contributed by atoms with Crippen LogP contribution in [0.4, 0.5) is 0 Å². The van der Waals surface area contributed by atoms with E-state index in [4.69, 9.17) is 0 Å². The van der Waals surface area contributed by atoms with Crippen LogP contribution in [0.3, 0.4) is 0 Å². The number of aromatic nitrogens is 5. The Morgan fingerprint density at radius 3 is 2.89 bits per heavy atom. The van der Waals surface area contributed by atoms with E-state index >= 15 is 0 Å². The van der Waals surface area contributed by atoms with Crippen molar-refractivity contribution in [2.75, 3.05) is 6.54 Å². The number of carbonyl (C=O) groups excluding carboxylic acids is 1. The Labute approximate surface area is 165 Å². The van der Waals surface area contributed by atoms with Crippen LogP contribution in [0.25, 0.3) is 11.3 Å². The molecule has 1 amide bonds. The Morgan fingerprint density at radius 1 is 1.19 bits per heavy atom. The molecule has 8 heteroatoms. The van der Waals surface area contributed by atoms with Gasteiger partial charge in [-0.2, -0.15) is 5.10 Å². The summed E-state index contributed by atoms with van der Waals surface area (Å²) in [6, 6.07) is 9.58. The fourth-order valence-corrected chi connectivity index (χ4v) is 3.58. The summed E-state index contributed by atoms with van der Waals surface area (Å²) >= 11 is 3.41. The lowest BCUT2D eigenvalue weighted by Gasteiger charge is -2.07. The number of aryl methyl sites for hydroxylation is 1. The molecule has 1 aliphatic heterocycles. The number of fused-ring (bicyclic) bond motifs is 1. The topological polar surface area (TPSA) is 88.5 Å². The summed E-state index contributed by atoms with van der Waals surface area (Å²) in [5, 5.41) is 18.6. The Kier molecular flexibility index (Phi) is 5.33. The molecule has 0 spiro atoms. The summed E-state index contributed by atoms with van der Waals surface area (Å²) in [5.74, 6) is 1.86. The maximum atomic E-state index is 12.4. The van der Waals surface area contributed by atoms with Gasteiger partial charge in [-0.15, -0.1) is 10.2 Å². The number of amides is 1. The van der Waals surface area contributed by atoms with E-state index in [2.05, 4.69) is 46.2 Å². The summed E-state index contributed by atoms with van der Waals surface area (Å²) in [6.07, 6.45) is 5.24. The van der Waals surface area contributed by atoms with Crippen LogP contribution in [-0.4, -0.2) is 37.4 Å². The number of hydrogen-bond donors (Lipinski definition) is 2. The van der Waals surface area contributed by atoms with E-state index in [-0.39, 0.29) is 5.91 Å². The lowest BCUT2D eigenvalue weighted by molar-refractivity contribution is 0.0949. The predicted molar refractivity (Wildman–Crippen MR) is 105 cm³/mol. The molecular weight excluding hydrogens is 408 g/mol. The van der Waals surface area contributed by atoms with Gasteiger partial charge in [0.15, 0.2) is 0 Å². The Bertz CT molecular complexity index is 930. The highest BCUT2D eigenvalue weighted by Crippen LogP contribution is 2.20. The van der Waals surface area contributed by atoms with E-state index in [1.165, 1.54) is 12.8 Å². The standard InChI is InChI=1S/C19H21BrN6O/c20-14-7-5-13(6-8-14)15-12-16(23-22-15)19(27)21-10-9-18-25-24-17-4-2-1-3-11-26(17)18/h5-8,12H,1-4,9-11H2,(H,21,27)(H,22,23). The zero-order chi connectivity index (χ0) is 18.6. The smallest absolute Gasteiger partial charge is 0.269 e. The molecule has 0 fully saturated rings. The van der Waals surface area contributed by atoms with Crippen LogP contribution in [0.2, 0.25) is 0 Å². The van der Waals surface area contributed by atoms with E-state index in [9.17, 15) is 4.79 Å². The summed E-state index contributed by atoms with van der Waals surface area (Å²) in [7, 11) is 0. The molecule has 1 aromatic carbocycles. The molecule has 0 bridgehead atoms. The average molecular weight is 429 g/mol. The third-order valence-electron chi connectivity index (χ3n) is 4.78. The Morgan fingerprint density at radius 2 is 2.04 bits per heavy atom. The van der Waals surface area contributed by atoms with Gasteiger partial charge in [-0.3, -0.25) is 9.89 Å². The molecule has 1 aliphatic rings. The third-order valence-corrected chi connectivity index (χ3v) is 5.31. The zero-order valence-electron chi connectivity index (χ0n) is 14.9. The van der Waals surface area contributed by atoms with Crippen LogP contribution in [0.5, 0.6) is 0 Å². The van der Waals surface area contributed by atoms with Crippen LogP contribution in [-0.2, 0) is 19.4 Å². The number of aromatic amines is 1. The zero-order valence-corrected chi connectivity index (χ0v) is 16.5. The van der Waals surface area contributed by atoms with E-state index in [1.54, 1.807) is 6.07 Å². The highest BCUT2D eigenvalue weighted by molar-refractivity contribution is 9.10. The van der Waals surface area contributed by atoms with E-state index in [0.29, 0.717) is 18.7 Å². The first-order valence-electron chi connectivity index (χ1n) is 9.21. The van der Waals surface area contributed by atoms with Crippen molar-refractivity contribution in [2.24, 2.45) is 0 Å². The second kappa shape index (κ2) is 8.04. The van der Waals surface area contributed by atoms with Gasteiger partial charge in [-0.05, 0) is 31.0 Å². The van der Waals surface area contributed by atoms with Crippen molar-refractivity contribution >= 4 is 21.8 Å². The van der Waals surface area contributed by atoms with Crippen LogP contribution >= 0.6 is 15.9 Å². The number of carbonyl (C=O) groups is 1. The van der Waals surface area contributed by atoms with Crippen molar-refractivity contribution in [3.8, 4) is 11.3 Å². The summed E-state index contributed by atoms with van der Waals surface area (Å²) in [6.45, 7) is 1.49. The summed E-state index contributed by atoms with van der Waals surface area (Å²) in [5.41, 5.74) is 2.16. The van der Waals surface area contributed by atoms with E-state index in [1.807, 2.05) is 24.3 Å². The number of rotatable bonds is 5.